The Morgan fingerprint density at radius 2 is 1.53 bits per heavy atom. The van der Waals surface area contributed by atoms with Crippen LogP contribution >= 0.6 is 0 Å². The molecule has 2 aliphatic rings. The Balaban J connectivity index is 0.000000861. The quantitative estimate of drug-likeness (QED) is 0.389. The van der Waals surface area contributed by atoms with E-state index in [0.29, 0.717) is 12.0 Å². The normalized spacial score (nSPS) is 20.6. The van der Waals surface area contributed by atoms with E-state index in [1.807, 2.05) is 70.2 Å². The lowest BCUT2D eigenvalue weighted by Gasteiger charge is -2.34. The van der Waals surface area contributed by atoms with E-state index in [1.165, 1.54) is 31.2 Å². The molecule has 5 heteroatoms. The Hall–Kier alpha value is -2.66. The molecule has 5 nitrogen and oxygen atoms in total. The van der Waals surface area contributed by atoms with Crippen molar-refractivity contribution in [2.75, 3.05) is 19.6 Å². The molecule has 2 fully saturated rings. The highest BCUT2D eigenvalue weighted by Gasteiger charge is 2.27. The summed E-state index contributed by atoms with van der Waals surface area (Å²) in [6.45, 7) is 11.5. The van der Waals surface area contributed by atoms with Gasteiger partial charge in [-0.05, 0) is 94.8 Å². The minimum absolute atomic E-state index is 0.0665. The number of para-hydroxylation sites is 1. The van der Waals surface area contributed by atoms with Gasteiger partial charge < -0.3 is 14.7 Å². The number of carbonyl (C=O) groups excluding carboxylic acids is 1. The number of aromatic nitrogens is 1. The maximum Gasteiger partial charge on any atom is 0.251 e. The van der Waals surface area contributed by atoms with Crippen LogP contribution in [0.15, 0.2) is 59.1 Å². The van der Waals surface area contributed by atoms with E-state index in [-0.39, 0.29) is 5.91 Å². The summed E-state index contributed by atoms with van der Waals surface area (Å²) in [4.78, 5) is 15.0. The van der Waals surface area contributed by atoms with Crippen molar-refractivity contribution in [3.8, 4) is 0 Å². The highest BCUT2D eigenvalue weighted by molar-refractivity contribution is 5.94. The van der Waals surface area contributed by atoms with E-state index in [4.69, 9.17) is 4.52 Å². The molecule has 2 heterocycles. The monoisotopic (exact) mass is 491 g/mol. The molecule has 2 aromatic carbocycles. The standard InChI is InChI=1S/C27H33N3O2.2C2H6/c31-27(22-6-2-1-3-7-22)28-23-12-10-20(11-13-23)14-17-30-18-15-21(16-19-30)26-24-8-4-5-9-25(24)32-29-26;2*1-2/h1-9,20-21,23H,10-19H2,(H,28,31);2*1-2H3. The second-order valence-electron chi connectivity index (χ2n) is 9.53. The minimum Gasteiger partial charge on any atom is -0.356 e. The predicted octanol–water partition coefficient (Wildman–Crippen LogP) is 7.44. The molecule has 1 aromatic heterocycles. The van der Waals surface area contributed by atoms with E-state index in [1.54, 1.807) is 0 Å². The van der Waals surface area contributed by atoms with Crippen LogP contribution in [0, 0.1) is 5.92 Å². The van der Waals surface area contributed by atoms with E-state index in [2.05, 4.69) is 27.5 Å². The number of nitrogens with one attached hydrogen (secondary N) is 1. The van der Waals surface area contributed by atoms with E-state index in [0.717, 1.165) is 61.5 Å². The van der Waals surface area contributed by atoms with Crippen LogP contribution in [0.4, 0.5) is 0 Å². The van der Waals surface area contributed by atoms with Crippen LogP contribution in [0.5, 0.6) is 0 Å². The number of benzene rings is 2. The Morgan fingerprint density at radius 3 is 2.22 bits per heavy atom. The van der Waals surface area contributed by atoms with Gasteiger partial charge >= 0.3 is 0 Å². The van der Waals surface area contributed by atoms with Gasteiger partial charge in [-0.25, -0.2) is 0 Å². The molecule has 0 atom stereocenters. The second-order valence-corrected chi connectivity index (χ2v) is 9.53. The van der Waals surface area contributed by atoms with Crippen LogP contribution in [0.3, 0.4) is 0 Å². The molecule has 3 aromatic rings. The van der Waals surface area contributed by atoms with Gasteiger partial charge in [0.05, 0.1) is 5.69 Å². The van der Waals surface area contributed by atoms with Crippen LogP contribution < -0.4 is 5.32 Å². The molecule has 1 aliphatic heterocycles. The number of hydrogen-bond acceptors (Lipinski definition) is 4. The number of hydrogen-bond donors (Lipinski definition) is 1. The molecule has 0 bridgehead atoms. The fraction of sp³-hybridized carbons (Fsp3) is 0.548. The number of rotatable bonds is 6. The van der Waals surface area contributed by atoms with Crippen LogP contribution in [-0.4, -0.2) is 41.6 Å². The Labute approximate surface area is 217 Å². The summed E-state index contributed by atoms with van der Waals surface area (Å²) >= 11 is 0. The highest BCUT2D eigenvalue weighted by Crippen LogP contribution is 2.33. The van der Waals surface area contributed by atoms with Crippen molar-refractivity contribution < 1.29 is 9.32 Å². The maximum absolute atomic E-state index is 12.4. The first-order valence-corrected chi connectivity index (χ1v) is 14.2. The van der Waals surface area contributed by atoms with Crippen molar-refractivity contribution in [1.82, 2.24) is 15.4 Å². The molecule has 1 aliphatic carbocycles. The maximum atomic E-state index is 12.4. The summed E-state index contributed by atoms with van der Waals surface area (Å²) in [7, 11) is 0. The zero-order valence-electron chi connectivity index (χ0n) is 22.7. The summed E-state index contributed by atoms with van der Waals surface area (Å²) in [5.74, 6) is 1.37. The van der Waals surface area contributed by atoms with Gasteiger partial charge in [-0.15, -0.1) is 0 Å². The lowest BCUT2D eigenvalue weighted by atomic mass is 9.83. The zero-order chi connectivity index (χ0) is 25.8. The van der Waals surface area contributed by atoms with Crippen molar-refractivity contribution in [1.29, 1.82) is 0 Å². The van der Waals surface area contributed by atoms with Crippen molar-refractivity contribution >= 4 is 16.9 Å². The van der Waals surface area contributed by atoms with Gasteiger partial charge in [-0.3, -0.25) is 4.79 Å². The molecule has 1 N–H and O–H groups in total. The van der Waals surface area contributed by atoms with Crippen molar-refractivity contribution in [3.05, 3.63) is 65.9 Å². The third-order valence-corrected chi connectivity index (χ3v) is 7.45. The first-order chi connectivity index (χ1) is 17.8. The van der Waals surface area contributed by atoms with Gasteiger partial charge in [0.15, 0.2) is 5.58 Å². The number of nitrogens with zero attached hydrogens (tertiary/aromatic N) is 2. The predicted molar refractivity (Wildman–Crippen MR) is 149 cm³/mol. The lowest BCUT2D eigenvalue weighted by molar-refractivity contribution is 0.0919. The van der Waals surface area contributed by atoms with Crippen LogP contribution in [-0.2, 0) is 0 Å². The average molecular weight is 492 g/mol. The van der Waals surface area contributed by atoms with Crippen LogP contribution in [0.2, 0.25) is 0 Å². The van der Waals surface area contributed by atoms with Gasteiger partial charge in [0.25, 0.3) is 5.91 Å². The first-order valence-electron chi connectivity index (χ1n) is 14.2. The molecule has 5 rings (SSSR count). The summed E-state index contributed by atoms with van der Waals surface area (Å²) < 4.78 is 5.52. The van der Waals surface area contributed by atoms with E-state index in [9.17, 15) is 4.79 Å². The summed E-state index contributed by atoms with van der Waals surface area (Å²) in [6, 6.07) is 18.1. The van der Waals surface area contributed by atoms with Crippen molar-refractivity contribution in [2.45, 2.75) is 84.6 Å². The van der Waals surface area contributed by atoms with Gasteiger partial charge in [-0.2, -0.15) is 0 Å². The summed E-state index contributed by atoms with van der Waals surface area (Å²) in [5, 5.41) is 8.80. The SMILES string of the molecule is CC.CC.O=C(NC1CCC(CCN2CCC(c3noc4ccccc34)CC2)CC1)c1ccccc1. The Bertz CT molecular complexity index is 1020. The zero-order valence-corrected chi connectivity index (χ0v) is 22.7. The molecule has 0 unspecified atom stereocenters. The molecule has 196 valence electrons. The fourth-order valence-electron chi connectivity index (χ4n) is 5.45. The second kappa shape index (κ2) is 14.8. The summed E-state index contributed by atoms with van der Waals surface area (Å²) in [6.07, 6.45) is 8.25. The molecule has 1 amide bonds. The third kappa shape index (κ3) is 7.42. The molecular weight excluding hydrogens is 446 g/mol. The van der Waals surface area contributed by atoms with Gasteiger partial charge in [0, 0.05) is 22.9 Å². The molecule has 1 saturated heterocycles. The van der Waals surface area contributed by atoms with Gasteiger partial charge in [0.2, 0.25) is 0 Å². The Kier molecular flexibility index (Phi) is 11.5. The molecule has 0 spiro atoms. The Morgan fingerprint density at radius 1 is 0.889 bits per heavy atom. The van der Waals surface area contributed by atoms with E-state index < -0.39 is 0 Å². The minimum atomic E-state index is 0.0665. The number of fused-ring (bicyclic) bond motifs is 1. The topological polar surface area (TPSA) is 58.4 Å². The van der Waals surface area contributed by atoms with Crippen LogP contribution in [0.1, 0.15) is 94.6 Å². The van der Waals surface area contributed by atoms with E-state index >= 15 is 0 Å². The smallest absolute Gasteiger partial charge is 0.251 e. The number of piperidine rings is 1. The third-order valence-electron chi connectivity index (χ3n) is 7.45. The fourth-order valence-corrected chi connectivity index (χ4v) is 5.45. The molecule has 1 saturated carbocycles. The van der Waals surface area contributed by atoms with Crippen molar-refractivity contribution in [3.63, 3.8) is 0 Å². The number of likely N-dealkylation sites (tertiary alicyclic amines) is 1. The molecule has 0 radical (unpaired) electrons. The number of amides is 1. The van der Waals surface area contributed by atoms with Gasteiger partial charge in [0.1, 0.15) is 0 Å². The van der Waals surface area contributed by atoms with Gasteiger partial charge in [-0.1, -0.05) is 63.2 Å². The largest absolute Gasteiger partial charge is 0.356 e. The number of carbonyl (C=O) groups is 1. The molecule has 36 heavy (non-hydrogen) atoms. The van der Waals surface area contributed by atoms with Crippen LogP contribution in [0.25, 0.3) is 11.0 Å². The average Bonchev–Trinajstić information content (AvgIpc) is 3.40. The molecular formula is C31H45N3O2. The lowest BCUT2D eigenvalue weighted by Crippen LogP contribution is -2.38. The first kappa shape index (κ1) is 27.9. The summed E-state index contributed by atoms with van der Waals surface area (Å²) in [5.41, 5.74) is 2.81. The van der Waals surface area contributed by atoms with Crippen molar-refractivity contribution in [2.24, 2.45) is 5.92 Å². The highest BCUT2D eigenvalue weighted by atomic mass is 16.5.